The number of anilines is 2. The van der Waals surface area contributed by atoms with Crippen LogP contribution in [0, 0.1) is 18.7 Å². The molecule has 0 fully saturated rings. The number of nitrogens with zero attached hydrogens (tertiary/aromatic N) is 6. The van der Waals surface area contributed by atoms with E-state index in [1.54, 1.807) is 58.0 Å². The number of pyridine rings is 2. The van der Waals surface area contributed by atoms with E-state index in [4.69, 9.17) is 49.4 Å². The van der Waals surface area contributed by atoms with E-state index in [0.29, 0.717) is 130 Å². The zero-order valence-corrected chi connectivity index (χ0v) is 47.4. The molecule has 3 aliphatic rings. The van der Waals surface area contributed by atoms with Gasteiger partial charge in [-0.15, -0.1) is 0 Å². The molecule has 0 unspecified atom stereocenters. The number of rotatable bonds is 34. The smallest absolute Gasteiger partial charge is 0.412 e. The van der Waals surface area contributed by atoms with Crippen molar-refractivity contribution in [1.29, 1.82) is 0 Å². The van der Waals surface area contributed by atoms with Crippen molar-refractivity contribution in [3.05, 3.63) is 96.4 Å². The summed E-state index contributed by atoms with van der Waals surface area (Å²) >= 11 is 0. The second kappa shape index (κ2) is 30.4. The number of hydrogen-bond acceptors (Lipinski definition) is 17. The highest BCUT2D eigenvalue weighted by molar-refractivity contribution is 5.99. The second-order valence-electron chi connectivity index (χ2n) is 20.6. The second-order valence-corrected chi connectivity index (χ2v) is 20.6. The number of carbonyl (C=O) groups is 5. The summed E-state index contributed by atoms with van der Waals surface area (Å²) in [5.74, 6) is -3.27. The molecule has 7 rings (SSSR count). The molecular formula is C57H75FN10O15. The molecule has 4 amide bonds. The quantitative estimate of drug-likeness (QED) is 0.0101. The molecule has 1 aliphatic carbocycles. The number of carbonyl (C=O) groups excluding carboxylic acids is 4. The van der Waals surface area contributed by atoms with Crippen molar-refractivity contribution in [2.75, 3.05) is 103 Å². The number of cyclic esters (lactones) is 1. The van der Waals surface area contributed by atoms with Gasteiger partial charge in [0.15, 0.2) is 5.60 Å². The fourth-order valence-electron chi connectivity index (χ4n) is 10.5. The van der Waals surface area contributed by atoms with Gasteiger partial charge in [0.1, 0.15) is 24.5 Å². The number of fused-ring (bicyclic) bond motifs is 5. The van der Waals surface area contributed by atoms with Gasteiger partial charge in [0.05, 0.1) is 114 Å². The Morgan fingerprint density at radius 2 is 1.53 bits per heavy atom. The first kappa shape index (κ1) is 63.5. The van der Waals surface area contributed by atoms with Crippen LogP contribution in [0.1, 0.15) is 98.7 Å². The molecule has 2 aromatic carbocycles. The maximum absolute atomic E-state index is 15.6. The Hall–Kier alpha value is -7.13. The van der Waals surface area contributed by atoms with Crippen molar-refractivity contribution in [2.45, 2.75) is 110 Å². The Kier molecular flexibility index (Phi) is 23.3. The van der Waals surface area contributed by atoms with Crippen LogP contribution in [-0.4, -0.2) is 154 Å². The summed E-state index contributed by atoms with van der Waals surface area (Å²) in [6.45, 7) is 11.1. The minimum Gasteiger partial charge on any atom is -0.465 e. The molecule has 26 heteroatoms. The van der Waals surface area contributed by atoms with Gasteiger partial charge < -0.3 is 69.6 Å². The number of nitrogens with two attached hydrogens (primary N) is 1. The highest BCUT2D eigenvalue weighted by Gasteiger charge is 2.46. The Morgan fingerprint density at radius 3 is 2.12 bits per heavy atom. The average molecular weight is 1160 g/mol. The van der Waals surface area contributed by atoms with Gasteiger partial charge >= 0.3 is 12.1 Å². The van der Waals surface area contributed by atoms with Crippen LogP contribution in [0.15, 0.2) is 46.3 Å². The fraction of sp³-hybridized carbons (Fsp3) is 0.561. The van der Waals surface area contributed by atoms with Crippen molar-refractivity contribution in [2.24, 2.45) is 16.8 Å². The lowest BCUT2D eigenvalue weighted by molar-refractivity contribution is -0.172. The predicted octanol–water partition coefficient (Wildman–Crippen LogP) is 5.19. The van der Waals surface area contributed by atoms with Crippen molar-refractivity contribution in [3.63, 3.8) is 0 Å². The standard InChI is InChI=1S/C57H75FN10O15/c1-5-57(76)41-30-46-51-39(32-67(46)54(72)40(41)33-83-55(57)73)49-45(14-13-38-35(4)42(58)31-44(63-51)48(38)49)68(56(74)75)37-11-9-36(10-12-37)62-52(70)43(8-6-7-16-59)64-53(71)50(34(2)3)65-47(69)15-18-77-20-22-79-24-26-81-28-29-82-27-25-80-23-21-78-19-17-61-66-60/h9-12,30-31,34,43,45,50,76H,5-8,13-29,32-33,59H2,1-4H3,(H,62,70)(H,64,71)(H,65,69)(H,74,75)/t43-,45-,50-,57-/m0/s1. The SMILES string of the molecule is CC[C@@]1(O)C(=O)OCc2c1cc1n(c2=O)Cc2c-1nc1cc(F)c(C)c3c1c2[C@@H](N(C(=O)O)c1ccc(NC(=O)[C@H](CCCCN)NC(=O)[C@@H](NC(=O)CCOCCOCCOCCOCCOCCOCCN=[N+]=[N-])C(C)C)cc1)CC3. The number of nitrogens with one attached hydrogen (secondary N) is 3. The van der Waals surface area contributed by atoms with Crippen LogP contribution >= 0.6 is 0 Å². The Morgan fingerprint density at radius 1 is 0.904 bits per heavy atom. The summed E-state index contributed by atoms with van der Waals surface area (Å²) in [6.07, 6.45) is 0.450. The van der Waals surface area contributed by atoms with Crippen LogP contribution in [0.4, 0.5) is 20.6 Å². The lowest BCUT2D eigenvalue weighted by atomic mass is 9.81. The monoisotopic (exact) mass is 1160 g/mol. The number of azide groups is 1. The number of hydrogen-bond donors (Lipinski definition) is 6. The minimum absolute atomic E-state index is 0.0170. The Labute approximate surface area is 479 Å². The van der Waals surface area contributed by atoms with Crippen molar-refractivity contribution >= 4 is 52.1 Å². The summed E-state index contributed by atoms with van der Waals surface area (Å²) < 4.78 is 55.0. The van der Waals surface area contributed by atoms with E-state index in [1.165, 1.54) is 15.5 Å². The first-order chi connectivity index (χ1) is 40.0. The number of amides is 4. The number of unbranched alkanes of at least 4 members (excludes halogenated alkanes) is 1. The lowest BCUT2D eigenvalue weighted by Gasteiger charge is -2.36. The first-order valence-electron chi connectivity index (χ1n) is 28.1. The van der Waals surface area contributed by atoms with Crippen LogP contribution in [0.25, 0.3) is 32.7 Å². The zero-order chi connectivity index (χ0) is 59.6. The van der Waals surface area contributed by atoms with Crippen LogP contribution in [0.2, 0.25) is 0 Å². The third kappa shape index (κ3) is 15.6. The van der Waals surface area contributed by atoms with E-state index in [-0.39, 0.29) is 93.4 Å². The van der Waals surface area contributed by atoms with E-state index < -0.39 is 64.9 Å². The number of ether oxygens (including phenoxy) is 7. The molecule has 2 aliphatic heterocycles. The van der Waals surface area contributed by atoms with E-state index in [1.807, 2.05) is 0 Å². The molecule has 4 heterocycles. The minimum atomic E-state index is -2.09. The molecule has 2 aromatic heterocycles. The highest BCUT2D eigenvalue weighted by atomic mass is 19.1. The number of aromatic nitrogens is 2. The molecule has 0 bridgehead atoms. The van der Waals surface area contributed by atoms with E-state index in [0.717, 1.165) is 0 Å². The summed E-state index contributed by atoms with van der Waals surface area (Å²) in [4.78, 5) is 90.2. The maximum Gasteiger partial charge on any atom is 0.412 e. The molecule has 0 spiro atoms. The third-order valence-corrected chi connectivity index (χ3v) is 14.9. The third-order valence-electron chi connectivity index (χ3n) is 14.9. The molecule has 0 saturated heterocycles. The topological polar surface area (TPSA) is 339 Å². The molecule has 0 radical (unpaired) electrons. The number of aryl methyl sites for hydroxylation is 1. The predicted molar refractivity (Wildman–Crippen MR) is 301 cm³/mol. The van der Waals surface area contributed by atoms with Gasteiger partial charge in [-0.1, -0.05) is 25.9 Å². The van der Waals surface area contributed by atoms with Crippen LogP contribution in [0.5, 0.6) is 0 Å². The van der Waals surface area contributed by atoms with Gasteiger partial charge in [-0.05, 0) is 110 Å². The lowest BCUT2D eigenvalue weighted by Crippen LogP contribution is -2.54. The fourth-order valence-corrected chi connectivity index (χ4v) is 10.5. The van der Waals surface area contributed by atoms with E-state index in [9.17, 15) is 39.0 Å². The highest BCUT2D eigenvalue weighted by Crippen LogP contribution is 2.48. The molecule has 0 saturated carbocycles. The molecule has 4 atom stereocenters. The number of carboxylic acid groups (broad SMARTS) is 1. The normalized spacial score (nSPS) is 16.5. The van der Waals surface area contributed by atoms with Gasteiger partial charge in [0, 0.05) is 51.8 Å². The summed E-state index contributed by atoms with van der Waals surface area (Å²) in [5, 5.41) is 34.9. The van der Waals surface area contributed by atoms with Crippen molar-refractivity contribution < 1.29 is 71.7 Å². The number of benzene rings is 2. The van der Waals surface area contributed by atoms with Gasteiger partial charge in [-0.25, -0.2) is 19.0 Å². The van der Waals surface area contributed by atoms with Crippen LogP contribution in [-0.2, 0) is 77.5 Å². The van der Waals surface area contributed by atoms with E-state index in [2.05, 4.69) is 26.0 Å². The molecule has 25 nitrogen and oxygen atoms in total. The van der Waals surface area contributed by atoms with Crippen molar-refractivity contribution in [1.82, 2.24) is 20.2 Å². The van der Waals surface area contributed by atoms with Gasteiger partial charge in [-0.2, -0.15) is 0 Å². The average Bonchev–Trinajstić information content (AvgIpc) is 2.26. The maximum atomic E-state index is 15.6. The van der Waals surface area contributed by atoms with Crippen LogP contribution < -0.4 is 32.1 Å². The molecule has 83 heavy (non-hydrogen) atoms. The molecule has 450 valence electrons. The zero-order valence-electron chi connectivity index (χ0n) is 47.4. The Bertz CT molecular complexity index is 3060. The number of halogens is 1. The first-order valence-corrected chi connectivity index (χ1v) is 28.1. The van der Waals surface area contributed by atoms with E-state index >= 15 is 4.39 Å². The number of aliphatic hydroxyl groups is 1. The summed E-state index contributed by atoms with van der Waals surface area (Å²) in [6, 6.07) is 6.15. The Balaban J connectivity index is 0.926. The van der Waals surface area contributed by atoms with Gasteiger partial charge in [0.25, 0.3) is 5.56 Å². The molecule has 7 N–H and O–H groups in total. The summed E-state index contributed by atoms with van der Waals surface area (Å²) in [7, 11) is 0. The molecule has 4 aromatic rings. The number of esters is 1. The molecular weight excluding hydrogens is 1080 g/mol. The van der Waals surface area contributed by atoms with Gasteiger partial charge in [0.2, 0.25) is 17.7 Å². The van der Waals surface area contributed by atoms with Crippen molar-refractivity contribution in [3.8, 4) is 11.4 Å². The van der Waals surface area contributed by atoms with Gasteiger partial charge in [-0.3, -0.25) is 24.1 Å². The largest absolute Gasteiger partial charge is 0.465 e. The summed E-state index contributed by atoms with van der Waals surface area (Å²) in [5.41, 5.74) is 15.2. The van der Waals surface area contributed by atoms with Crippen LogP contribution in [0.3, 0.4) is 0 Å².